The van der Waals surface area contributed by atoms with E-state index in [1.54, 1.807) is 24.3 Å². The fourth-order valence-corrected chi connectivity index (χ4v) is 3.13. The number of Topliss-reactive ketones (excluding diaryl/α,β-unsaturated/α-hetero) is 1. The Morgan fingerprint density at radius 3 is 2.74 bits per heavy atom. The fraction of sp³-hybridized carbons (Fsp3) is 0.556. The molecule has 2 unspecified atom stereocenters. The first-order chi connectivity index (χ1) is 11.0. The monoisotopic (exact) mass is 318 g/mol. The van der Waals surface area contributed by atoms with Gasteiger partial charge < -0.3 is 10.4 Å². The van der Waals surface area contributed by atoms with Crippen molar-refractivity contribution in [2.24, 2.45) is 5.92 Å². The van der Waals surface area contributed by atoms with E-state index in [-0.39, 0.29) is 30.3 Å². The Balaban J connectivity index is 1.84. The van der Waals surface area contributed by atoms with Crippen LogP contribution < -0.4 is 5.32 Å². The predicted octanol–water partition coefficient (Wildman–Crippen LogP) is 2.31. The second kappa shape index (κ2) is 8.22. The zero-order valence-corrected chi connectivity index (χ0v) is 13.9. The van der Waals surface area contributed by atoms with Crippen molar-refractivity contribution in [1.29, 1.82) is 0 Å². The van der Waals surface area contributed by atoms with Gasteiger partial charge in [0.25, 0.3) is 0 Å². The van der Waals surface area contributed by atoms with Crippen molar-refractivity contribution in [2.45, 2.75) is 38.7 Å². The summed E-state index contributed by atoms with van der Waals surface area (Å²) in [5.41, 5.74) is 1.22. The number of hydrogen-bond donors (Lipinski definition) is 2. The SMILES string of the molecule is CC(=O)c1cccc(NC(=O)CN(C)CC2CCCCC2O)c1. The highest BCUT2D eigenvalue weighted by atomic mass is 16.3. The molecule has 0 aliphatic heterocycles. The smallest absolute Gasteiger partial charge is 0.238 e. The zero-order valence-electron chi connectivity index (χ0n) is 13.9. The molecule has 0 bridgehead atoms. The topological polar surface area (TPSA) is 69.6 Å². The van der Waals surface area contributed by atoms with E-state index in [1.165, 1.54) is 6.92 Å². The lowest BCUT2D eigenvalue weighted by atomic mass is 9.86. The summed E-state index contributed by atoms with van der Waals surface area (Å²) in [5.74, 6) is 0.116. The van der Waals surface area contributed by atoms with E-state index in [0.717, 1.165) is 32.2 Å². The molecular weight excluding hydrogens is 292 g/mol. The second-order valence-electron chi connectivity index (χ2n) is 6.49. The Hall–Kier alpha value is -1.72. The first-order valence-corrected chi connectivity index (χ1v) is 8.23. The van der Waals surface area contributed by atoms with Crippen molar-refractivity contribution in [3.8, 4) is 0 Å². The maximum absolute atomic E-state index is 12.1. The molecule has 5 nitrogen and oxygen atoms in total. The molecule has 1 fully saturated rings. The first kappa shape index (κ1) is 17.6. The van der Waals surface area contributed by atoms with Gasteiger partial charge in [-0.1, -0.05) is 25.0 Å². The molecular formula is C18H26N2O3. The maximum atomic E-state index is 12.1. The zero-order chi connectivity index (χ0) is 16.8. The van der Waals surface area contributed by atoms with Gasteiger partial charge in [0.05, 0.1) is 12.6 Å². The van der Waals surface area contributed by atoms with Crippen LogP contribution in [-0.4, -0.2) is 47.9 Å². The number of likely N-dealkylation sites (N-methyl/N-ethyl adjacent to an activating group) is 1. The summed E-state index contributed by atoms with van der Waals surface area (Å²) in [6.07, 6.45) is 3.88. The Morgan fingerprint density at radius 2 is 2.04 bits per heavy atom. The number of benzene rings is 1. The van der Waals surface area contributed by atoms with Gasteiger partial charge in [0, 0.05) is 17.8 Å². The summed E-state index contributed by atoms with van der Waals surface area (Å²) in [7, 11) is 1.90. The standard InChI is InChI=1S/C18H26N2O3/c1-13(21)14-7-5-8-16(10-14)19-18(23)12-20(2)11-15-6-3-4-9-17(15)22/h5,7-8,10,15,17,22H,3-4,6,9,11-12H2,1-2H3,(H,19,23). The molecule has 1 aliphatic carbocycles. The van der Waals surface area contributed by atoms with Crippen molar-refractivity contribution < 1.29 is 14.7 Å². The van der Waals surface area contributed by atoms with Gasteiger partial charge >= 0.3 is 0 Å². The van der Waals surface area contributed by atoms with E-state index in [4.69, 9.17) is 0 Å². The van der Waals surface area contributed by atoms with Gasteiger partial charge in [0.2, 0.25) is 5.91 Å². The lowest BCUT2D eigenvalue weighted by Crippen LogP contribution is -2.38. The molecule has 2 atom stereocenters. The van der Waals surface area contributed by atoms with Gasteiger partial charge in [-0.2, -0.15) is 0 Å². The third-order valence-electron chi connectivity index (χ3n) is 4.38. The van der Waals surface area contributed by atoms with Gasteiger partial charge in [-0.25, -0.2) is 0 Å². The van der Waals surface area contributed by atoms with Crippen molar-refractivity contribution >= 4 is 17.4 Å². The lowest BCUT2D eigenvalue weighted by molar-refractivity contribution is -0.117. The molecule has 2 rings (SSSR count). The summed E-state index contributed by atoms with van der Waals surface area (Å²) in [5, 5.41) is 12.8. The van der Waals surface area contributed by atoms with E-state index in [0.29, 0.717) is 11.3 Å². The van der Waals surface area contributed by atoms with E-state index in [1.807, 2.05) is 11.9 Å². The third-order valence-corrected chi connectivity index (χ3v) is 4.38. The van der Waals surface area contributed by atoms with Crippen LogP contribution in [0.25, 0.3) is 0 Å². The van der Waals surface area contributed by atoms with Gasteiger partial charge in [0.15, 0.2) is 5.78 Å². The van der Waals surface area contributed by atoms with Crippen LogP contribution in [0.1, 0.15) is 43.0 Å². The summed E-state index contributed by atoms with van der Waals surface area (Å²) in [6, 6.07) is 6.95. The molecule has 0 radical (unpaired) electrons. The van der Waals surface area contributed by atoms with Crippen LogP contribution >= 0.6 is 0 Å². The van der Waals surface area contributed by atoms with Gasteiger partial charge in [-0.05, 0) is 44.9 Å². The Bertz CT molecular complexity index is 559. The number of carbonyl (C=O) groups excluding carboxylic acids is 2. The fourth-order valence-electron chi connectivity index (χ4n) is 3.13. The van der Waals surface area contributed by atoms with Crippen LogP contribution in [-0.2, 0) is 4.79 Å². The number of carbonyl (C=O) groups is 2. The number of ketones is 1. The minimum Gasteiger partial charge on any atom is -0.393 e. The normalized spacial score (nSPS) is 21.2. The number of aliphatic hydroxyl groups excluding tert-OH is 1. The van der Waals surface area contributed by atoms with E-state index in [2.05, 4.69) is 5.32 Å². The van der Waals surface area contributed by atoms with Crippen molar-refractivity contribution in [2.75, 3.05) is 25.5 Å². The quantitative estimate of drug-likeness (QED) is 0.790. The molecule has 5 heteroatoms. The molecule has 1 amide bonds. The summed E-state index contributed by atoms with van der Waals surface area (Å²) in [6.45, 7) is 2.50. The van der Waals surface area contributed by atoms with Crippen LogP contribution in [0.4, 0.5) is 5.69 Å². The summed E-state index contributed by atoms with van der Waals surface area (Å²) >= 11 is 0. The predicted molar refractivity (Wildman–Crippen MR) is 90.5 cm³/mol. The summed E-state index contributed by atoms with van der Waals surface area (Å²) < 4.78 is 0. The average molecular weight is 318 g/mol. The highest BCUT2D eigenvalue weighted by molar-refractivity contribution is 5.97. The number of nitrogens with zero attached hydrogens (tertiary/aromatic N) is 1. The van der Waals surface area contributed by atoms with Crippen molar-refractivity contribution in [1.82, 2.24) is 4.90 Å². The Morgan fingerprint density at radius 1 is 1.30 bits per heavy atom. The molecule has 1 aromatic rings. The summed E-state index contributed by atoms with van der Waals surface area (Å²) in [4.78, 5) is 25.4. The number of rotatable bonds is 6. The molecule has 0 aromatic heterocycles. The van der Waals surface area contributed by atoms with E-state index >= 15 is 0 Å². The lowest BCUT2D eigenvalue weighted by Gasteiger charge is -2.30. The Labute approximate surface area is 137 Å². The van der Waals surface area contributed by atoms with Gasteiger partial charge in [-0.15, -0.1) is 0 Å². The van der Waals surface area contributed by atoms with E-state index in [9.17, 15) is 14.7 Å². The average Bonchev–Trinajstić information content (AvgIpc) is 2.49. The largest absolute Gasteiger partial charge is 0.393 e. The molecule has 0 spiro atoms. The van der Waals surface area contributed by atoms with Gasteiger partial charge in [0.1, 0.15) is 0 Å². The number of nitrogens with one attached hydrogen (secondary N) is 1. The van der Waals surface area contributed by atoms with Crippen LogP contribution in [0.15, 0.2) is 24.3 Å². The molecule has 126 valence electrons. The highest BCUT2D eigenvalue weighted by Gasteiger charge is 2.24. The second-order valence-corrected chi connectivity index (χ2v) is 6.49. The van der Waals surface area contributed by atoms with Crippen molar-refractivity contribution in [3.05, 3.63) is 29.8 Å². The maximum Gasteiger partial charge on any atom is 0.238 e. The molecule has 0 saturated heterocycles. The minimum absolute atomic E-state index is 0.0236. The number of hydrogen-bond acceptors (Lipinski definition) is 4. The van der Waals surface area contributed by atoms with Crippen LogP contribution in [0.5, 0.6) is 0 Å². The molecule has 0 heterocycles. The number of amides is 1. The van der Waals surface area contributed by atoms with Gasteiger partial charge in [-0.3, -0.25) is 14.5 Å². The third kappa shape index (κ3) is 5.44. The molecule has 1 saturated carbocycles. The molecule has 1 aliphatic rings. The Kier molecular flexibility index (Phi) is 6.30. The first-order valence-electron chi connectivity index (χ1n) is 8.23. The molecule has 23 heavy (non-hydrogen) atoms. The van der Waals surface area contributed by atoms with Crippen molar-refractivity contribution in [3.63, 3.8) is 0 Å². The molecule has 1 aromatic carbocycles. The number of aliphatic hydroxyl groups is 1. The van der Waals surface area contributed by atoms with Crippen LogP contribution in [0.3, 0.4) is 0 Å². The van der Waals surface area contributed by atoms with E-state index < -0.39 is 0 Å². The number of anilines is 1. The highest BCUT2D eigenvalue weighted by Crippen LogP contribution is 2.24. The van der Waals surface area contributed by atoms with Crippen LogP contribution in [0, 0.1) is 5.92 Å². The molecule has 2 N–H and O–H groups in total. The van der Waals surface area contributed by atoms with Crippen LogP contribution in [0.2, 0.25) is 0 Å². The minimum atomic E-state index is -0.249.